The summed E-state index contributed by atoms with van der Waals surface area (Å²) in [6.07, 6.45) is 9.86. The molecular weight excluding hydrogens is 308 g/mol. The first kappa shape index (κ1) is 17.7. The zero-order valence-electron chi connectivity index (χ0n) is 15.8. The molecule has 0 radical (unpaired) electrons. The van der Waals surface area contributed by atoms with Gasteiger partial charge in [-0.05, 0) is 78.3 Å². The number of aryl methyl sites for hydroxylation is 2. The summed E-state index contributed by atoms with van der Waals surface area (Å²) in [5.74, 6) is -0.781. The van der Waals surface area contributed by atoms with Gasteiger partial charge in [0.1, 0.15) is 0 Å². The highest BCUT2D eigenvalue weighted by atomic mass is 16.4. The van der Waals surface area contributed by atoms with Gasteiger partial charge in [0, 0.05) is 0 Å². The van der Waals surface area contributed by atoms with Crippen LogP contribution in [0.4, 0.5) is 0 Å². The van der Waals surface area contributed by atoms with Gasteiger partial charge in [0.05, 0.1) is 5.41 Å². The van der Waals surface area contributed by atoms with Crippen LogP contribution >= 0.6 is 0 Å². The molecule has 0 bridgehead atoms. The third-order valence-corrected chi connectivity index (χ3v) is 5.97. The van der Waals surface area contributed by atoms with E-state index in [0.717, 1.165) is 17.6 Å². The Bertz CT molecular complexity index is 808. The Labute approximate surface area is 151 Å². The Morgan fingerprint density at radius 2 is 1.96 bits per heavy atom. The topological polar surface area (TPSA) is 37.3 Å². The molecule has 132 valence electrons. The van der Waals surface area contributed by atoms with E-state index in [9.17, 15) is 9.90 Å². The van der Waals surface area contributed by atoms with Crippen molar-refractivity contribution < 1.29 is 9.90 Å². The summed E-state index contributed by atoms with van der Waals surface area (Å²) in [5.41, 5.74) is 6.77. The Kier molecular flexibility index (Phi) is 4.26. The van der Waals surface area contributed by atoms with E-state index in [1.54, 1.807) is 13.0 Å². The van der Waals surface area contributed by atoms with Crippen LogP contribution in [0.2, 0.25) is 0 Å². The Hall–Kier alpha value is -2.09. The monoisotopic (exact) mass is 336 g/mol. The lowest BCUT2D eigenvalue weighted by molar-refractivity contribution is -0.145. The average Bonchev–Trinajstić information content (AvgIpc) is 2.54. The standard InChI is InChI=1S/C23H28O2/c1-15-13-18-7-6-10-22(3,4)20(18)14-19(15)16(2)17-8-11-23(5,12-9-17)21(24)25/h8-9,11,13-14H,2,6-7,10,12H2,1,3-5H3,(H,24,25). The molecule has 0 heterocycles. The fourth-order valence-electron chi connectivity index (χ4n) is 4.05. The van der Waals surface area contributed by atoms with Crippen molar-refractivity contribution in [2.45, 2.75) is 58.8 Å². The van der Waals surface area contributed by atoms with Crippen LogP contribution < -0.4 is 0 Å². The van der Waals surface area contributed by atoms with Gasteiger partial charge in [0.25, 0.3) is 0 Å². The summed E-state index contributed by atoms with van der Waals surface area (Å²) in [5, 5.41) is 9.37. The number of carboxylic acid groups (broad SMARTS) is 1. The van der Waals surface area contributed by atoms with E-state index in [1.807, 2.05) is 12.2 Å². The second-order valence-corrected chi connectivity index (χ2v) is 8.46. The fourth-order valence-corrected chi connectivity index (χ4v) is 4.05. The van der Waals surface area contributed by atoms with Crippen LogP contribution in [0.1, 0.15) is 62.3 Å². The average molecular weight is 336 g/mol. The molecule has 1 aromatic rings. The molecular formula is C23H28O2. The van der Waals surface area contributed by atoms with Crippen molar-refractivity contribution in [3.63, 3.8) is 0 Å². The van der Waals surface area contributed by atoms with Crippen LogP contribution in [0.3, 0.4) is 0 Å². The van der Waals surface area contributed by atoms with Crippen LogP contribution in [-0.2, 0) is 16.6 Å². The maximum atomic E-state index is 11.4. The van der Waals surface area contributed by atoms with Gasteiger partial charge in [-0.3, -0.25) is 4.79 Å². The van der Waals surface area contributed by atoms with E-state index in [2.05, 4.69) is 39.5 Å². The predicted molar refractivity (Wildman–Crippen MR) is 104 cm³/mol. The first-order valence-corrected chi connectivity index (χ1v) is 9.10. The van der Waals surface area contributed by atoms with Crippen LogP contribution in [0, 0.1) is 12.3 Å². The molecule has 0 saturated carbocycles. The van der Waals surface area contributed by atoms with Crippen LogP contribution in [0.15, 0.2) is 42.5 Å². The van der Waals surface area contributed by atoms with Crippen molar-refractivity contribution in [2.75, 3.05) is 0 Å². The van der Waals surface area contributed by atoms with E-state index < -0.39 is 11.4 Å². The molecule has 1 unspecified atom stereocenters. The highest BCUT2D eigenvalue weighted by molar-refractivity contribution is 5.85. The highest BCUT2D eigenvalue weighted by Crippen LogP contribution is 2.41. The molecule has 1 atom stereocenters. The summed E-state index contributed by atoms with van der Waals surface area (Å²) in [4.78, 5) is 11.4. The Morgan fingerprint density at radius 3 is 2.56 bits per heavy atom. The lowest BCUT2D eigenvalue weighted by Gasteiger charge is -2.34. The van der Waals surface area contributed by atoms with E-state index in [1.165, 1.54) is 35.1 Å². The van der Waals surface area contributed by atoms with Crippen LogP contribution in [0.5, 0.6) is 0 Å². The first-order valence-electron chi connectivity index (χ1n) is 9.10. The number of carbonyl (C=O) groups is 1. The lowest BCUT2D eigenvalue weighted by atomic mass is 9.71. The molecule has 2 aliphatic carbocycles. The summed E-state index contributed by atoms with van der Waals surface area (Å²) < 4.78 is 0. The molecule has 3 rings (SSSR count). The van der Waals surface area contributed by atoms with Crippen LogP contribution in [0.25, 0.3) is 5.57 Å². The molecule has 0 aromatic heterocycles. The molecule has 25 heavy (non-hydrogen) atoms. The Morgan fingerprint density at radius 1 is 1.24 bits per heavy atom. The van der Waals surface area contributed by atoms with Crippen LogP contribution in [-0.4, -0.2) is 11.1 Å². The van der Waals surface area contributed by atoms with Gasteiger partial charge >= 0.3 is 5.97 Å². The number of hydrogen-bond acceptors (Lipinski definition) is 1. The summed E-state index contributed by atoms with van der Waals surface area (Å²) in [6.45, 7) is 12.9. The van der Waals surface area contributed by atoms with Crippen molar-refractivity contribution in [1.29, 1.82) is 0 Å². The summed E-state index contributed by atoms with van der Waals surface area (Å²) in [6, 6.07) is 4.65. The van der Waals surface area contributed by atoms with E-state index in [-0.39, 0.29) is 5.41 Å². The number of aliphatic carboxylic acids is 1. The van der Waals surface area contributed by atoms with E-state index in [4.69, 9.17) is 0 Å². The fraction of sp³-hybridized carbons (Fsp3) is 0.435. The maximum absolute atomic E-state index is 11.4. The first-order chi connectivity index (χ1) is 11.6. The van der Waals surface area contributed by atoms with Crippen molar-refractivity contribution in [2.24, 2.45) is 5.41 Å². The number of rotatable bonds is 3. The minimum Gasteiger partial charge on any atom is -0.481 e. The van der Waals surface area contributed by atoms with Crippen molar-refractivity contribution >= 4 is 11.5 Å². The van der Waals surface area contributed by atoms with Gasteiger partial charge in [0.15, 0.2) is 0 Å². The third kappa shape index (κ3) is 3.10. The molecule has 0 aliphatic heterocycles. The minimum absolute atomic E-state index is 0.203. The normalized spacial score (nSPS) is 24.4. The molecule has 0 saturated heterocycles. The smallest absolute Gasteiger partial charge is 0.313 e. The molecule has 0 fully saturated rings. The van der Waals surface area contributed by atoms with Crippen molar-refractivity contribution in [3.05, 3.63) is 64.8 Å². The second-order valence-electron chi connectivity index (χ2n) is 8.46. The van der Waals surface area contributed by atoms with Gasteiger partial charge in [0.2, 0.25) is 0 Å². The predicted octanol–water partition coefficient (Wildman–Crippen LogP) is 5.60. The molecule has 1 N–H and O–H groups in total. The lowest BCUT2D eigenvalue weighted by Crippen LogP contribution is -2.26. The highest BCUT2D eigenvalue weighted by Gasteiger charge is 2.32. The summed E-state index contributed by atoms with van der Waals surface area (Å²) in [7, 11) is 0. The SMILES string of the molecule is C=C(C1=CCC(C)(C(=O)O)C=C1)c1cc2c(cc1C)CCCC2(C)C. The van der Waals surface area contributed by atoms with E-state index in [0.29, 0.717) is 6.42 Å². The third-order valence-electron chi connectivity index (χ3n) is 5.97. The largest absolute Gasteiger partial charge is 0.481 e. The molecule has 1 aromatic carbocycles. The zero-order chi connectivity index (χ0) is 18.4. The number of fused-ring (bicyclic) bond motifs is 1. The quantitative estimate of drug-likeness (QED) is 0.780. The maximum Gasteiger partial charge on any atom is 0.313 e. The van der Waals surface area contributed by atoms with Gasteiger partial charge in [-0.15, -0.1) is 0 Å². The molecule has 0 amide bonds. The van der Waals surface area contributed by atoms with Gasteiger partial charge in [-0.25, -0.2) is 0 Å². The minimum atomic E-state index is -0.809. The van der Waals surface area contributed by atoms with Crippen molar-refractivity contribution in [1.82, 2.24) is 0 Å². The molecule has 0 spiro atoms. The molecule has 2 nitrogen and oxygen atoms in total. The number of carboxylic acids is 1. The summed E-state index contributed by atoms with van der Waals surface area (Å²) >= 11 is 0. The molecule has 2 heteroatoms. The molecule has 2 aliphatic rings. The van der Waals surface area contributed by atoms with Gasteiger partial charge < -0.3 is 5.11 Å². The number of allylic oxidation sites excluding steroid dienone is 4. The van der Waals surface area contributed by atoms with E-state index >= 15 is 0 Å². The number of hydrogen-bond donors (Lipinski definition) is 1. The van der Waals surface area contributed by atoms with Gasteiger partial charge in [-0.2, -0.15) is 0 Å². The second kappa shape index (κ2) is 6.01. The van der Waals surface area contributed by atoms with Gasteiger partial charge in [-0.1, -0.05) is 50.8 Å². The zero-order valence-corrected chi connectivity index (χ0v) is 15.8. The Balaban J connectivity index is 1.96. The number of benzene rings is 1. The van der Waals surface area contributed by atoms with Crippen molar-refractivity contribution in [3.8, 4) is 0 Å².